The molecule has 0 aliphatic heterocycles. The van der Waals surface area contributed by atoms with Crippen LogP contribution in [0.2, 0.25) is 0 Å². The molecule has 1 aromatic heterocycles. The summed E-state index contributed by atoms with van der Waals surface area (Å²) in [6, 6.07) is 1.56. The van der Waals surface area contributed by atoms with E-state index in [0.29, 0.717) is 11.5 Å². The molecule has 0 unspecified atom stereocenters. The Balaban J connectivity index is 1.98. The summed E-state index contributed by atoms with van der Waals surface area (Å²) in [6.07, 6.45) is 9.11. The predicted molar refractivity (Wildman–Crippen MR) is 69.4 cm³/mol. The topological polar surface area (TPSA) is 53.4 Å². The monoisotopic (exact) mass is 248 g/mol. The number of amides is 1. The lowest BCUT2D eigenvalue weighted by Gasteiger charge is -2.27. The largest absolute Gasteiger partial charge is 0.505 e. The van der Waals surface area contributed by atoms with Crippen molar-refractivity contribution >= 4 is 5.91 Å². The Hall–Kier alpha value is -1.58. The first-order chi connectivity index (χ1) is 8.68. The SMILES string of the molecule is CN(CC1CCCCC1)C(=O)c1ccncc1O. The van der Waals surface area contributed by atoms with E-state index >= 15 is 0 Å². The smallest absolute Gasteiger partial charge is 0.257 e. The van der Waals surface area contributed by atoms with Gasteiger partial charge in [-0.2, -0.15) is 0 Å². The lowest BCUT2D eigenvalue weighted by atomic mass is 9.89. The van der Waals surface area contributed by atoms with Gasteiger partial charge < -0.3 is 10.0 Å². The summed E-state index contributed by atoms with van der Waals surface area (Å²) in [5.41, 5.74) is 0.336. The minimum absolute atomic E-state index is 0.0435. The number of carbonyl (C=O) groups excluding carboxylic acids is 1. The zero-order valence-corrected chi connectivity index (χ0v) is 10.8. The number of hydrogen-bond acceptors (Lipinski definition) is 3. The molecule has 1 amide bonds. The molecule has 0 bridgehead atoms. The van der Waals surface area contributed by atoms with Crippen molar-refractivity contribution in [1.82, 2.24) is 9.88 Å². The van der Waals surface area contributed by atoms with Crippen molar-refractivity contribution in [2.45, 2.75) is 32.1 Å². The van der Waals surface area contributed by atoms with E-state index in [0.717, 1.165) is 6.54 Å². The molecule has 1 saturated carbocycles. The molecule has 1 aliphatic carbocycles. The highest BCUT2D eigenvalue weighted by Gasteiger charge is 2.20. The summed E-state index contributed by atoms with van der Waals surface area (Å²) in [7, 11) is 1.80. The lowest BCUT2D eigenvalue weighted by molar-refractivity contribution is 0.0757. The van der Waals surface area contributed by atoms with E-state index in [1.807, 2.05) is 0 Å². The van der Waals surface area contributed by atoms with Crippen LogP contribution in [0.1, 0.15) is 42.5 Å². The molecule has 2 rings (SSSR count). The van der Waals surface area contributed by atoms with Crippen LogP contribution in [0.15, 0.2) is 18.5 Å². The zero-order chi connectivity index (χ0) is 13.0. The van der Waals surface area contributed by atoms with E-state index in [4.69, 9.17) is 0 Å². The van der Waals surface area contributed by atoms with Crippen molar-refractivity contribution in [1.29, 1.82) is 0 Å². The highest BCUT2D eigenvalue weighted by Crippen LogP contribution is 2.25. The van der Waals surface area contributed by atoms with Gasteiger partial charge in [-0.25, -0.2) is 0 Å². The highest BCUT2D eigenvalue weighted by atomic mass is 16.3. The summed E-state index contributed by atoms with van der Waals surface area (Å²) < 4.78 is 0. The van der Waals surface area contributed by atoms with E-state index in [9.17, 15) is 9.90 Å². The van der Waals surface area contributed by atoms with E-state index < -0.39 is 0 Å². The van der Waals surface area contributed by atoms with Crippen LogP contribution in [-0.4, -0.2) is 34.5 Å². The third-order valence-electron chi connectivity index (χ3n) is 3.63. The molecular weight excluding hydrogens is 228 g/mol. The van der Waals surface area contributed by atoms with Gasteiger partial charge in [-0.05, 0) is 24.8 Å². The normalized spacial score (nSPS) is 16.5. The van der Waals surface area contributed by atoms with Gasteiger partial charge in [0.15, 0.2) is 0 Å². The molecule has 0 spiro atoms. The molecule has 4 heteroatoms. The summed E-state index contributed by atoms with van der Waals surface area (Å²) >= 11 is 0. The van der Waals surface area contributed by atoms with E-state index in [2.05, 4.69) is 4.98 Å². The van der Waals surface area contributed by atoms with Crippen molar-refractivity contribution in [3.63, 3.8) is 0 Å². The van der Waals surface area contributed by atoms with Crippen molar-refractivity contribution in [2.24, 2.45) is 5.92 Å². The maximum atomic E-state index is 12.2. The second-order valence-corrected chi connectivity index (χ2v) is 5.08. The molecule has 1 fully saturated rings. The van der Waals surface area contributed by atoms with Crippen LogP contribution in [0.3, 0.4) is 0 Å². The van der Waals surface area contributed by atoms with Gasteiger partial charge in [-0.1, -0.05) is 19.3 Å². The van der Waals surface area contributed by atoms with Crippen molar-refractivity contribution in [3.05, 3.63) is 24.0 Å². The third kappa shape index (κ3) is 3.00. The quantitative estimate of drug-likeness (QED) is 0.893. The first-order valence-electron chi connectivity index (χ1n) is 6.57. The number of pyridine rings is 1. The Bertz CT molecular complexity index is 414. The average molecular weight is 248 g/mol. The van der Waals surface area contributed by atoms with Gasteiger partial charge in [-0.3, -0.25) is 9.78 Å². The van der Waals surface area contributed by atoms with Crippen LogP contribution < -0.4 is 0 Å². The van der Waals surface area contributed by atoms with Gasteiger partial charge in [0.05, 0.1) is 11.8 Å². The van der Waals surface area contributed by atoms with Gasteiger partial charge in [0.1, 0.15) is 5.75 Å². The summed E-state index contributed by atoms with van der Waals surface area (Å²) in [5.74, 6) is 0.440. The van der Waals surface area contributed by atoms with Crippen molar-refractivity contribution in [3.8, 4) is 5.75 Å². The molecule has 18 heavy (non-hydrogen) atoms. The molecule has 1 N–H and O–H groups in total. The van der Waals surface area contributed by atoms with Crippen molar-refractivity contribution < 1.29 is 9.90 Å². The number of nitrogens with zero attached hydrogens (tertiary/aromatic N) is 2. The van der Waals surface area contributed by atoms with Gasteiger partial charge >= 0.3 is 0 Å². The lowest BCUT2D eigenvalue weighted by Crippen LogP contribution is -2.32. The Morgan fingerprint density at radius 3 is 2.83 bits per heavy atom. The molecule has 0 aromatic carbocycles. The Kier molecular flexibility index (Phi) is 4.18. The molecule has 4 nitrogen and oxygen atoms in total. The predicted octanol–water partition coefficient (Wildman–Crippen LogP) is 2.44. The van der Waals surface area contributed by atoms with Crippen LogP contribution in [0.5, 0.6) is 5.75 Å². The van der Waals surface area contributed by atoms with E-state index in [-0.39, 0.29) is 11.7 Å². The van der Waals surface area contributed by atoms with Gasteiger partial charge in [0.25, 0.3) is 5.91 Å². The van der Waals surface area contributed by atoms with Crippen molar-refractivity contribution in [2.75, 3.05) is 13.6 Å². The maximum Gasteiger partial charge on any atom is 0.257 e. The second kappa shape index (κ2) is 5.85. The summed E-state index contributed by atoms with van der Waals surface area (Å²) in [4.78, 5) is 17.7. The fourth-order valence-electron chi connectivity index (χ4n) is 2.61. The van der Waals surface area contributed by atoms with Gasteiger partial charge in [-0.15, -0.1) is 0 Å². The third-order valence-corrected chi connectivity index (χ3v) is 3.63. The van der Waals surface area contributed by atoms with Crippen LogP contribution in [0, 0.1) is 5.92 Å². The van der Waals surface area contributed by atoms with Crippen LogP contribution in [-0.2, 0) is 0 Å². The highest BCUT2D eigenvalue weighted by molar-refractivity contribution is 5.96. The maximum absolute atomic E-state index is 12.2. The molecule has 1 heterocycles. The number of rotatable bonds is 3. The summed E-state index contributed by atoms with van der Waals surface area (Å²) in [6.45, 7) is 0.778. The Morgan fingerprint density at radius 1 is 1.44 bits per heavy atom. The van der Waals surface area contributed by atoms with Crippen LogP contribution >= 0.6 is 0 Å². The number of hydrogen-bond donors (Lipinski definition) is 1. The Labute approximate surface area is 108 Å². The number of carbonyl (C=O) groups is 1. The molecule has 0 saturated heterocycles. The van der Waals surface area contributed by atoms with E-state index in [1.165, 1.54) is 44.5 Å². The molecule has 1 aromatic rings. The summed E-state index contributed by atoms with van der Waals surface area (Å²) in [5, 5.41) is 9.63. The minimum Gasteiger partial charge on any atom is -0.505 e. The van der Waals surface area contributed by atoms with Crippen LogP contribution in [0.25, 0.3) is 0 Å². The van der Waals surface area contributed by atoms with Gasteiger partial charge in [0.2, 0.25) is 0 Å². The standard InChI is InChI=1S/C14H20N2O2/c1-16(10-11-5-3-2-4-6-11)14(18)12-7-8-15-9-13(12)17/h7-9,11,17H,2-6,10H2,1H3. The first kappa shape index (κ1) is 12.9. The fourth-order valence-corrected chi connectivity index (χ4v) is 2.61. The minimum atomic E-state index is -0.125. The van der Waals surface area contributed by atoms with E-state index in [1.54, 1.807) is 18.0 Å². The molecule has 0 radical (unpaired) electrons. The zero-order valence-electron chi connectivity index (χ0n) is 10.8. The second-order valence-electron chi connectivity index (χ2n) is 5.08. The number of aromatic hydroxyl groups is 1. The molecule has 0 atom stereocenters. The molecule has 98 valence electrons. The molecule has 1 aliphatic rings. The van der Waals surface area contributed by atoms with Gasteiger partial charge in [0, 0.05) is 19.8 Å². The van der Waals surface area contributed by atoms with Crippen LogP contribution in [0.4, 0.5) is 0 Å². The number of aromatic nitrogens is 1. The first-order valence-corrected chi connectivity index (χ1v) is 6.57. The molecular formula is C14H20N2O2. The fraction of sp³-hybridized carbons (Fsp3) is 0.571. The Morgan fingerprint density at radius 2 is 2.17 bits per heavy atom. The average Bonchev–Trinajstić information content (AvgIpc) is 2.39.